The molecule has 1 aromatic carbocycles. The van der Waals surface area contributed by atoms with Gasteiger partial charge in [0.15, 0.2) is 17.5 Å². The summed E-state index contributed by atoms with van der Waals surface area (Å²) in [5.41, 5.74) is 0.888. The van der Waals surface area contributed by atoms with Crippen LogP contribution < -0.4 is 10.1 Å². The van der Waals surface area contributed by atoms with E-state index in [0.717, 1.165) is 43.5 Å². The predicted octanol–water partition coefficient (Wildman–Crippen LogP) is 3.01. The quantitative estimate of drug-likeness (QED) is 0.596. The van der Waals surface area contributed by atoms with Crippen molar-refractivity contribution in [3.05, 3.63) is 47.4 Å². The van der Waals surface area contributed by atoms with Crippen molar-refractivity contribution < 1.29 is 13.5 Å². The van der Waals surface area contributed by atoms with Gasteiger partial charge in [-0.05, 0) is 17.7 Å². The molecule has 0 saturated carbocycles. The number of nitrogens with one attached hydrogen (secondary N) is 1. The number of oxazole rings is 1. The molecule has 1 aromatic heterocycles. The Labute approximate surface area is 177 Å². The van der Waals surface area contributed by atoms with Crippen LogP contribution in [0.25, 0.3) is 0 Å². The first-order valence-electron chi connectivity index (χ1n) is 10.3. The Hall–Kier alpha value is -2.61. The van der Waals surface area contributed by atoms with E-state index in [1.54, 1.807) is 25.4 Å². The maximum Gasteiger partial charge on any atom is 0.213 e. The number of aliphatic imine (C=N–C) groups is 1. The zero-order valence-corrected chi connectivity index (χ0v) is 18.5. The molecule has 0 spiro atoms. The minimum Gasteiger partial charge on any atom is -0.494 e. The SMILES string of the molecule is CN=C(NCc1ncc(C(C)(C)C)o1)N1CCN(Cc2ccc(OC)c(F)c2)CC1. The van der Waals surface area contributed by atoms with Gasteiger partial charge in [0, 0.05) is 45.2 Å². The van der Waals surface area contributed by atoms with E-state index in [-0.39, 0.29) is 17.0 Å². The number of guanidine groups is 1. The topological polar surface area (TPSA) is 66.1 Å². The standard InChI is InChI=1S/C22H32FN5O2/c1-22(2,3)19-13-25-20(30-19)14-26-21(24-4)28-10-8-27(9-11-28)15-16-6-7-18(29-5)17(23)12-16/h6-7,12-13H,8-11,14-15H2,1-5H3,(H,24,26). The summed E-state index contributed by atoms with van der Waals surface area (Å²) in [4.78, 5) is 13.3. The Morgan fingerprint density at radius 2 is 2.00 bits per heavy atom. The van der Waals surface area contributed by atoms with Gasteiger partial charge in [0.1, 0.15) is 5.76 Å². The molecule has 2 aromatic rings. The molecule has 1 aliphatic heterocycles. The van der Waals surface area contributed by atoms with Crippen molar-refractivity contribution in [1.82, 2.24) is 20.1 Å². The van der Waals surface area contributed by atoms with E-state index in [4.69, 9.17) is 9.15 Å². The molecule has 8 heteroatoms. The maximum atomic E-state index is 13.9. The Balaban J connectivity index is 1.49. The number of piperazine rings is 1. The van der Waals surface area contributed by atoms with Gasteiger partial charge in [-0.25, -0.2) is 9.37 Å². The number of hydrogen-bond donors (Lipinski definition) is 1. The van der Waals surface area contributed by atoms with Crippen LogP contribution in [0, 0.1) is 5.82 Å². The van der Waals surface area contributed by atoms with E-state index in [2.05, 4.69) is 45.9 Å². The highest BCUT2D eigenvalue weighted by Crippen LogP contribution is 2.22. The lowest BCUT2D eigenvalue weighted by Crippen LogP contribution is -2.52. The summed E-state index contributed by atoms with van der Waals surface area (Å²) in [6.45, 7) is 11.0. The molecule has 0 aliphatic carbocycles. The zero-order chi connectivity index (χ0) is 21.7. The molecule has 2 heterocycles. The van der Waals surface area contributed by atoms with Crippen LogP contribution in [0.2, 0.25) is 0 Å². The monoisotopic (exact) mass is 417 g/mol. The van der Waals surface area contributed by atoms with Gasteiger partial charge in [0.2, 0.25) is 5.89 Å². The molecule has 0 atom stereocenters. The molecule has 1 saturated heterocycles. The average Bonchev–Trinajstić information content (AvgIpc) is 3.19. The number of hydrogen-bond acceptors (Lipinski definition) is 5. The van der Waals surface area contributed by atoms with Gasteiger partial charge in [-0.2, -0.15) is 0 Å². The minimum absolute atomic E-state index is 0.0595. The van der Waals surface area contributed by atoms with E-state index >= 15 is 0 Å². The highest BCUT2D eigenvalue weighted by atomic mass is 19.1. The highest BCUT2D eigenvalue weighted by Gasteiger charge is 2.22. The zero-order valence-electron chi connectivity index (χ0n) is 18.5. The third-order valence-corrected chi connectivity index (χ3v) is 5.20. The number of aromatic nitrogens is 1. The average molecular weight is 418 g/mol. The smallest absolute Gasteiger partial charge is 0.213 e. The summed E-state index contributed by atoms with van der Waals surface area (Å²) in [6, 6.07) is 5.14. The van der Waals surface area contributed by atoms with Crippen molar-refractivity contribution in [1.29, 1.82) is 0 Å². The molecule has 3 rings (SSSR count). The van der Waals surface area contributed by atoms with E-state index < -0.39 is 0 Å². The summed E-state index contributed by atoms with van der Waals surface area (Å²) in [5, 5.41) is 3.34. The summed E-state index contributed by atoms with van der Waals surface area (Å²) < 4.78 is 24.8. The van der Waals surface area contributed by atoms with Crippen LogP contribution in [0.1, 0.15) is 38.0 Å². The molecular weight excluding hydrogens is 385 g/mol. The number of halogens is 1. The summed E-state index contributed by atoms with van der Waals surface area (Å²) in [7, 11) is 3.26. The summed E-state index contributed by atoms with van der Waals surface area (Å²) in [6.07, 6.45) is 1.79. The van der Waals surface area contributed by atoms with Crippen LogP contribution in [-0.4, -0.2) is 61.1 Å². The van der Waals surface area contributed by atoms with Crippen molar-refractivity contribution in [2.45, 2.75) is 39.3 Å². The van der Waals surface area contributed by atoms with E-state index in [9.17, 15) is 4.39 Å². The lowest BCUT2D eigenvalue weighted by atomic mass is 9.94. The fourth-order valence-electron chi connectivity index (χ4n) is 3.41. The summed E-state index contributed by atoms with van der Waals surface area (Å²) >= 11 is 0. The maximum absolute atomic E-state index is 13.9. The fraction of sp³-hybridized carbons (Fsp3) is 0.545. The molecule has 0 bridgehead atoms. The van der Waals surface area contributed by atoms with Gasteiger partial charge >= 0.3 is 0 Å². The van der Waals surface area contributed by atoms with E-state index in [1.807, 2.05) is 6.07 Å². The van der Waals surface area contributed by atoms with Crippen LogP contribution in [0.15, 0.2) is 33.8 Å². The van der Waals surface area contributed by atoms with Crippen LogP contribution in [0.5, 0.6) is 5.75 Å². The third-order valence-electron chi connectivity index (χ3n) is 5.20. The molecule has 0 unspecified atom stereocenters. The van der Waals surface area contributed by atoms with E-state index in [0.29, 0.717) is 19.0 Å². The highest BCUT2D eigenvalue weighted by molar-refractivity contribution is 5.79. The second-order valence-electron chi connectivity index (χ2n) is 8.50. The molecule has 0 amide bonds. The van der Waals surface area contributed by atoms with Crippen LogP contribution in [0.4, 0.5) is 4.39 Å². The van der Waals surface area contributed by atoms with Gasteiger partial charge in [0.05, 0.1) is 19.9 Å². The van der Waals surface area contributed by atoms with Gasteiger partial charge in [-0.3, -0.25) is 9.89 Å². The van der Waals surface area contributed by atoms with Crippen molar-refractivity contribution in [3.8, 4) is 5.75 Å². The van der Waals surface area contributed by atoms with Crippen LogP contribution >= 0.6 is 0 Å². The predicted molar refractivity (Wildman–Crippen MR) is 115 cm³/mol. The van der Waals surface area contributed by atoms with Gasteiger partial charge in [-0.1, -0.05) is 26.8 Å². The third kappa shape index (κ3) is 5.50. The molecule has 1 aliphatic rings. The van der Waals surface area contributed by atoms with Crippen LogP contribution in [-0.2, 0) is 18.5 Å². The number of ether oxygens (including phenoxy) is 1. The molecule has 30 heavy (non-hydrogen) atoms. The van der Waals surface area contributed by atoms with Crippen molar-refractivity contribution in [2.24, 2.45) is 4.99 Å². The van der Waals surface area contributed by atoms with Gasteiger partial charge < -0.3 is 19.4 Å². The number of nitrogens with zero attached hydrogens (tertiary/aromatic N) is 4. The minimum atomic E-state index is -0.320. The van der Waals surface area contributed by atoms with Crippen molar-refractivity contribution in [2.75, 3.05) is 40.3 Å². The van der Waals surface area contributed by atoms with Gasteiger partial charge in [0.25, 0.3) is 0 Å². The lowest BCUT2D eigenvalue weighted by molar-refractivity contribution is 0.172. The normalized spacial score (nSPS) is 16.1. The van der Waals surface area contributed by atoms with Crippen LogP contribution in [0.3, 0.4) is 0 Å². The molecular formula is C22H32FN5O2. The first-order chi connectivity index (χ1) is 14.3. The van der Waals surface area contributed by atoms with Gasteiger partial charge in [-0.15, -0.1) is 0 Å². The first-order valence-corrected chi connectivity index (χ1v) is 10.3. The lowest BCUT2D eigenvalue weighted by Gasteiger charge is -2.36. The molecule has 7 nitrogen and oxygen atoms in total. The molecule has 1 N–H and O–H groups in total. The Morgan fingerprint density at radius 3 is 2.57 bits per heavy atom. The largest absolute Gasteiger partial charge is 0.494 e. The second-order valence-corrected chi connectivity index (χ2v) is 8.50. The number of rotatable bonds is 5. The molecule has 164 valence electrons. The first kappa shape index (κ1) is 22.1. The molecule has 0 radical (unpaired) electrons. The Kier molecular flexibility index (Phi) is 6.97. The molecule has 1 fully saturated rings. The number of methoxy groups -OCH3 is 1. The van der Waals surface area contributed by atoms with E-state index in [1.165, 1.54) is 7.11 Å². The number of benzene rings is 1. The second kappa shape index (κ2) is 9.47. The van der Waals surface area contributed by atoms with Crippen molar-refractivity contribution in [3.63, 3.8) is 0 Å². The summed E-state index contributed by atoms with van der Waals surface area (Å²) in [5.74, 6) is 2.32. The fourth-order valence-corrected chi connectivity index (χ4v) is 3.41. The Bertz CT molecular complexity index is 867. The Morgan fingerprint density at radius 1 is 1.27 bits per heavy atom. The van der Waals surface area contributed by atoms with Crippen molar-refractivity contribution >= 4 is 5.96 Å².